The Hall–Kier alpha value is -4.06. The van der Waals surface area contributed by atoms with Gasteiger partial charge < -0.3 is 9.88 Å². The number of aromatic nitrogens is 2. The number of likely N-dealkylation sites (tertiary alicyclic amines) is 1. The summed E-state index contributed by atoms with van der Waals surface area (Å²) in [6.07, 6.45) is 3.60. The van der Waals surface area contributed by atoms with Crippen LogP contribution in [0.5, 0.6) is 0 Å². The van der Waals surface area contributed by atoms with E-state index in [1.807, 2.05) is 56.3 Å². The molecule has 6 nitrogen and oxygen atoms in total. The molecular weight excluding hydrogens is 426 g/mol. The second-order valence-corrected chi connectivity index (χ2v) is 8.83. The summed E-state index contributed by atoms with van der Waals surface area (Å²) in [5.74, 6) is -2.73. The molecule has 170 valence electrons. The molecule has 1 fully saturated rings. The third-order valence-electron chi connectivity index (χ3n) is 6.68. The van der Waals surface area contributed by atoms with E-state index < -0.39 is 23.7 Å². The highest BCUT2D eigenvalue weighted by atomic mass is 16.2. The summed E-state index contributed by atoms with van der Waals surface area (Å²) in [6, 6.07) is 18.4. The standard InChI is InChI=1S/C28H25N3O3/c1-17-9-11-19(12-10-17)25-24(26(32)20-6-5-14-29-16-20)27(33)28(34)31(25)15-13-21-18(2)30-23-8-4-3-7-22(21)23/h3-12,14,16,24-25,30H,13,15H2,1-2H3. The maximum atomic E-state index is 13.4. The average molecular weight is 452 g/mol. The van der Waals surface area contributed by atoms with Crippen molar-refractivity contribution in [2.45, 2.75) is 26.3 Å². The van der Waals surface area contributed by atoms with Crippen molar-refractivity contribution < 1.29 is 14.4 Å². The molecular formula is C28H25N3O3. The highest BCUT2D eigenvalue weighted by molar-refractivity contribution is 6.44. The van der Waals surface area contributed by atoms with E-state index >= 15 is 0 Å². The number of para-hydroxylation sites is 1. The van der Waals surface area contributed by atoms with Gasteiger partial charge in [-0.2, -0.15) is 0 Å². The van der Waals surface area contributed by atoms with Crippen LogP contribution >= 0.6 is 0 Å². The van der Waals surface area contributed by atoms with Crippen LogP contribution in [0.4, 0.5) is 0 Å². The lowest BCUT2D eigenvalue weighted by atomic mass is 9.86. The van der Waals surface area contributed by atoms with Crippen molar-refractivity contribution in [3.63, 3.8) is 0 Å². The second-order valence-electron chi connectivity index (χ2n) is 8.83. The number of carbonyl (C=O) groups excluding carboxylic acids is 3. The fraction of sp³-hybridized carbons (Fsp3) is 0.214. The van der Waals surface area contributed by atoms with E-state index in [9.17, 15) is 14.4 Å². The Morgan fingerprint density at radius 3 is 2.50 bits per heavy atom. The summed E-state index contributed by atoms with van der Waals surface area (Å²) in [4.78, 5) is 48.8. The predicted molar refractivity (Wildman–Crippen MR) is 129 cm³/mol. The molecule has 2 atom stereocenters. The number of aryl methyl sites for hydroxylation is 2. The summed E-state index contributed by atoms with van der Waals surface area (Å²) >= 11 is 0. The van der Waals surface area contributed by atoms with E-state index in [1.54, 1.807) is 23.2 Å². The number of Topliss-reactive ketones (excluding diaryl/α,β-unsaturated/α-hetero) is 2. The number of benzene rings is 2. The van der Waals surface area contributed by atoms with E-state index in [0.717, 1.165) is 33.3 Å². The lowest BCUT2D eigenvalue weighted by Gasteiger charge is -2.27. The molecule has 5 rings (SSSR count). The Morgan fingerprint density at radius 2 is 1.76 bits per heavy atom. The highest BCUT2D eigenvalue weighted by Gasteiger charge is 2.51. The first-order valence-corrected chi connectivity index (χ1v) is 11.4. The molecule has 1 aliphatic rings. The number of carbonyl (C=O) groups is 3. The lowest BCUT2D eigenvalue weighted by Crippen LogP contribution is -2.32. The maximum absolute atomic E-state index is 13.4. The van der Waals surface area contributed by atoms with E-state index in [2.05, 4.69) is 16.0 Å². The normalized spacial score (nSPS) is 18.1. The van der Waals surface area contributed by atoms with Gasteiger partial charge in [0.05, 0.1) is 6.04 Å². The minimum Gasteiger partial charge on any atom is -0.358 e. The third kappa shape index (κ3) is 3.71. The number of nitrogens with zero attached hydrogens (tertiary/aromatic N) is 2. The molecule has 0 radical (unpaired) electrons. The molecule has 6 heteroatoms. The summed E-state index contributed by atoms with van der Waals surface area (Å²) < 4.78 is 0. The van der Waals surface area contributed by atoms with Crippen molar-refractivity contribution in [2.75, 3.05) is 6.54 Å². The lowest BCUT2D eigenvalue weighted by molar-refractivity contribution is -0.140. The zero-order valence-corrected chi connectivity index (χ0v) is 19.1. The van der Waals surface area contributed by atoms with Crippen molar-refractivity contribution in [3.05, 3.63) is 101 Å². The van der Waals surface area contributed by atoms with Crippen molar-refractivity contribution in [1.29, 1.82) is 0 Å². The largest absolute Gasteiger partial charge is 0.358 e. The number of hydrogen-bond donors (Lipinski definition) is 1. The molecule has 2 aromatic heterocycles. The Morgan fingerprint density at radius 1 is 1.00 bits per heavy atom. The summed E-state index contributed by atoms with van der Waals surface area (Å²) in [6.45, 7) is 4.33. The topological polar surface area (TPSA) is 83.1 Å². The first-order valence-electron chi connectivity index (χ1n) is 11.4. The van der Waals surface area contributed by atoms with Crippen molar-refractivity contribution >= 4 is 28.4 Å². The van der Waals surface area contributed by atoms with Crippen molar-refractivity contribution in [3.8, 4) is 0 Å². The fourth-order valence-corrected chi connectivity index (χ4v) is 4.94. The van der Waals surface area contributed by atoms with Crippen molar-refractivity contribution in [2.24, 2.45) is 5.92 Å². The third-order valence-corrected chi connectivity index (χ3v) is 6.68. The minimum absolute atomic E-state index is 0.333. The minimum atomic E-state index is -1.09. The van der Waals surface area contributed by atoms with Gasteiger partial charge in [0.2, 0.25) is 5.78 Å². The molecule has 0 aliphatic carbocycles. The number of H-pyrrole nitrogens is 1. The van der Waals surface area contributed by atoms with Crippen LogP contribution < -0.4 is 0 Å². The van der Waals surface area contributed by atoms with Gasteiger partial charge in [-0.05, 0) is 49.6 Å². The van der Waals surface area contributed by atoms with E-state index in [0.29, 0.717) is 18.5 Å². The molecule has 1 amide bonds. The average Bonchev–Trinajstić information content (AvgIpc) is 3.31. The summed E-state index contributed by atoms with van der Waals surface area (Å²) in [7, 11) is 0. The molecule has 1 aliphatic heterocycles. The number of ketones is 2. The molecule has 4 aromatic rings. The number of hydrogen-bond acceptors (Lipinski definition) is 4. The quantitative estimate of drug-likeness (QED) is 0.268. The summed E-state index contributed by atoms with van der Waals surface area (Å²) in [5.41, 5.74) is 5.37. The molecule has 0 saturated carbocycles. The highest BCUT2D eigenvalue weighted by Crippen LogP contribution is 2.38. The number of pyridine rings is 1. The van der Waals surface area contributed by atoms with E-state index in [1.165, 1.54) is 6.20 Å². The first kappa shape index (κ1) is 21.8. The Balaban J connectivity index is 1.52. The van der Waals surface area contributed by atoms with Gasteiger partial charge in [0, 0.05) is 41.1 Å². The van der Waals surface area contributed by atoms with Gasteiger partial charge >= 0.3 is 0 Å². The zero-order valence-electron chi connectivity index (χ0n) is 19.1. The first-order chi connectivity index (χ1) is 16.5. The number of fused-ring (bicyclic) bond motifs is 1. The van der Waals surface area contributed by atoms with Gasteiger partial charge in [-0.15, -0.1) is 0 Å². The van der Waals surface area contributed by atoms with Gasteiger partial charge in [-0.25, -0.2) is 0 Å². The molecule has 0 spiro atoms. The Labute approximate surface area is 197 Å². The van der Waals surface area contributed by atoms with Crippen LogP contribution in [0.1, 0.15) is 38.8 Å². The van der Waals surface area contributed by atoms with Gasteiger partial charge in [-0.3, -0.25) is 19.4 Å². The number of rotatable bonds is 6. The van der Waals surface area contributed by atoms with Gasteiger partial charge in [0.1, 0.15) is 5.92 Å². The molecule has 2 unspecified atom stereocenters. The van der Waals surface area contributed by atoms with Crippen LogP contribution in [0.2, 0.25) is 0 Å². The second kappa shape index (κ2) is 8.71. The predicted octanol–water partition coefficient (Wildman–Crippen LogP) is 4.37. The van der Waals surface area contributed by atoms with Gasteiger partial charge in [0.25, 0.3) is 5.91 Å². The molecule has 0 bridgehead atoms. The number of nitrogens with one attached hydrogen (secondary N) is 1. The van der Waals surface area contributed by atoms with E-state index in [4.69, 9.17) is 0 Å². The van der Waals surface area contributed by atoms with Crippen LogP contribution in [0.3, 0.4) is 0 Å². The SMILES string of the molecule is Cc1ccc(C2C(C(=O)c3cccnc3)C(=O)C(=O)N2CCc2c(C)[nH]c3ccccc23)cc1. The molecule has 1 N–H and O–H groups in total. The Kier molecular flexibility index (Phi) is 5.57. The summed E-state index contributed by atoms with van der Waals surface area (Å²) in [5, 5.41) is 1.10. The maximum Gasteiger partial charge on any atom is 0.291 e. The molecule has 34 heavy (non-hydrogen) atoms. The number of aromatic amines is 1. The van der Waals surface area contributed by atoms with Crippen molar-refractivity contribution in [1.82, 2.24) is 14.9 Å². The fourth-order valence-electron chi connectivity index (χ4n) is 4.94. The molecule has 2 aromatic carbocycles. The molecule has 1 saturated heterocycles. The van der Waals surface area contributed by atoms with Gasteiger partial charge in [0.15, 0.2) is 5.78 Å². The zero-order chi connectivity index (χ0) is 23.8. The van der Waals surface area contributed by atoms with Gasteiger partial charge in [-0.1, -0.05) is 48.0 Å². The number of amides is 1. The van der Waals surface area contributed by atoms with Crippen LogP contribution in [0.15, 0.2) is 73.1 Å². The van der Waals surface area contributed by atoms with Crippen LogP contribution in [0.25, 0.3) is 10.9 Å². The molecule has 3 heterocycles. The van der Waals surface area contributed by atoms with E-state index in [-0.39, 0.29) is 5.78 Å². The van der Waals surface area contributed by atoms with Crippen LogP contribution in [0, 0.1) is 19.8 Å². The monoisotopic (exact) mass is 451 g/mol. The van der Waals surface area contributed by atoms with Crippen LogP contribution in [-0.2, 0) is 16.0 Å². The Bertz CT molecular complexity index is 1390. The van der Waals surface area contributed by atoms with Crippen LogP contribution in [-0.4, -0.2) is 38.9 Å². The smallest absolute Gasteiger partial charge is 0.291 e.